The van der Waals surface area contributed by atoms with E-state index in [-0.39, 0.29) is 35.5 Å². The van der Waals surface area contributed by atoms with Crippen molar-refractivity contribution in [2.24, 2.45) is 11.8 Å². The van der Waals surface area contributed by atoms with Crippen LogP contribution in [0.5, 0.6) is 0 Å². The summed E-state index contributed by atoms with van der Waals surface area (Å²) in [7, 11) is 0. The maximum absolute atomic E-state index is 13.1. The molecule has 0 radical (unpaired) electrons. The highest BCUT2D eigenvalue weighted by atomic mass is 16.2. The topological polar surface area (TPSA) is 66.5 Å². The molecule has 1 aromatic rings. The Hall–Kier alpha value is -2.17. The van der Waals surface area contributed by atoms with Crippen LogP contribution < -0.4 is 5.32 Å². The fraction of sp³-hybridized carbons (Fsp3) is 0.667. The van der Waals surface area contributed by atoms with Gasteiger partial charge in [0.05, 0.1) is 6.04 Å². The normalized spacial score (nSPS) is 23.3. The molecule has 3 fully saturated rings. The van der Waals surface area contributed by atoms with Crippen LogP contribution in [0.25, 0.3) is 0 Å². The Morgan fingerprint density at radius 3 is 2.47 bits per heavy atom. The van der Waals surface area contributed by atoms with Gasteiger partial charge in [-0.2, -0.15) is 0 Å². The summed E-state index contributed by atoms with van der Waals surface area (Å²) < 4.78 is 0. The first-order valence-electron chi connectivity index (χ1n) is 12.8. The van der Waals surface area contributed by atoms with Crippen molar-refractivity contribution in [3.8, 4) is 0 Å². The molecule has 4 rings (SSSR count). The molecule has 2 amide bonds. The number of hydrogen-bond acceptors (Lipinski definition) is 3. The highest BCUT2D eigenvalue weighted by Crippen LogP contribution is 2.33. The molecule has 0 bridgehead atoms. The summed E-state index contributed by atoms with van der Waals surface area (Å²) >= 11 is 0. The molecule has 174 valence electrons. The van der Waals surface area contributed by atoms with Crippen molar-refractivity contribution in [3.05, 3.63) is 35.4 Å². The van der Waals surface area contributed by atoms with Gasteiger partial charge in [-0.05, 0) is 62.1 Å². The molecular formula is C27H38N2O3. The van der Waals surface area contributed by atoms with Gasteiger partial charge in [0, 0.05) is 36.9 Å². The number of ketones is 1. The van der Waals surface area contributed by atoms with E-state index in [0.29, 0.717) is 17.9 Å². The average molecular weight is 439 g/mol. The molecule has 5 heteroatoms. The molecule has 1 unspecified atom stereocenters. The van der Waals surface area contributed by atoms with E-state index in [2.05, 4.69) is 11.4 Å². The Kier molecular flexibility index (Phi) is 7.64. The SMILES string of the molecule is CCC(=O)[C@H](NC(=O)c1cccc(C2CCCN(C(=O)C3CCC3)C2)c1)C1CCCCC1. The first-order valence-corrected chi connectivity index (χ1v) is 12.8. The second-order valence-corrected chi connectivity index (χ2v) is 10.0. The smallest absolute Gasteiger partial charge is 0.251 e. The molecule has 0 aromatic heterocycles. The molecular weight excluding hydrogens is 400 g/mol. The number of piperidine rings is 1. The van der Waals surface area contributed by atoms with Gasteiger partial charge in [0.15, 0.2) is 5.78 Å². The van der Waals surface area contributed by atoms with Gasteiger partial charge >= 0.3 is 0 Å². The summed E-state index contributed by atoms with van der Waals surface area (Å²) in [5.74, 6) is 1.07. The highest BCUT2D eigenvalue weighted by molar-refractivity contribution is 5.98. The fourth-order valence-electron chi connectivity index (χ4n) is 5.67. The predicted octanol–water partition coefficient (Wildman–Crippen LogP) is 4.85. The minimum Gasteiger partial charge on any atom is -0.342 e. The van der Waals surface area contributed by atoms with Gasteiger partial charge in [-0.25, -0.2) is 0 Å². The maximum atomic E-state index is 13.1. The molecule has 2 aliphatic carbocycles. The number of carbonyl (C=O) groups excluding carboxylic acids is 3. The number of carbonyl (C=O) groups is 3. The third-order valence-electron chi connectivity index (χ3n) is 7.91. The van der Waals surface area contributed by atoms with Crippen LogP contribution in [0.2, 0.25) is 0 Å². The van der Waals surface area contributed by atoms with Crippen LogP contribution in [0.4, 0.5) is 0 Å². The van der Waals surface area contributed by atoms with Gasteiger partial charge < -0.3 is 10.2 Å². The van der Waals surface area contributed by atoms with Crippen LogP contribution in [0, 0.1) is 11.8 Å². The van der Waals surface area contributed by atoms with Crippen LogP contribution in [0.3, 0.4) is 0 Å². The van der Waals surface area contributed by atoms with E-state index in [0.717, 1.165) is 70.0 Å². The van der Waals surface area contributed by atoms with Crippen LogP contribution in [-0.2, 0) is 9.59 Å². The van der Waals surface area contributed by atoms with Crippen LogP contribution in [0.1, 0.15) is 99.4 Å². The number of Topliss-reactive ketones (excluding diaryl/α,β-unsaturated/α-hetero) is 1. The van der Waals surface area contributed by atoms with E-state index >= 15 is 0 Å². The lowest BCUT2D eigenvalue weighted by Crippen LogP contribution is -2.46. The third-order valence-corrected chi connectivity index (χ3v) is 7.91. The van der Waals surface area contributed by atoms with Gasteiger partial charge in [-0.15, -0.1) is 0 Å². The zero-order valence-electron chi connectivity index (χ0n) is 19.5. The van der Waals surface area contributed by atoms with Crippen LogP contribution in [-0.4, -0.2) is 41.6 Å². The van der Waals surface area contributed by atoms with Crippen molar-refractivity contribution in [2.75, 3.05) is 13.1 Å². The molecule has 0 spiro atoms. The van der Waals surface area contributed by atoms with E-state index in [4.69, 9.17) is 0 Å². The number of nitrogens with zero attached hydrogens (tertiary/aromatic N) is 1. The highest BCUT2D eigenvalue weighted by Gasteiger charge is 2.33. The predicted molar refractivity (Wildman–Crippen MR) is 125 cm³/mol. The first-order chi connectivity index (χ1) is 15.6. The van der Waals surface area contributed by atoms with Crippen molar-refractivity contribution in [1.82, 2.24) is 10.2 Å². The average Bonchev–Trinajstić information content (AvgIpc) is 2.81. The summed E-state index contributed by atoms with van der Waals surface area (Å²) in [6, 6.07) is 7.46. The van der Waals surface area contributed by atoms with Crippen LogP contribution >= 0.6 is 0 Å². The van der Waals surface area contributed by atoms with E-state index < -0.39 is 0 Å². The molecule has 3 aliphatic rings. The zero-order chi connectivity index (χ0) is 22.5. The van der Waals surface area contributed by atoms with Crippen molar-refractivity contribution in [3.63, 3.8) is 0 Å². The standard InChI is InChI=1S/C27H38N2O3/c1-2-24(30)25(19-9-4-3-5-10-19)28-26(31)22-14-7-13-21(17-22)23-15-8-16-29(18-23)27(32)20-11-6-12-20/h7,13-14,17,19-20,23,25H,2-6,8-12,15-16,18H2,1H3,(H,28,31)/t23?,25-/m1/s1. The van der Waals surface area contributed by atoms with E-state index in [1.165, 1.54) is 12.8 Å². The van der Waals surface area contributed by atoms with Gasteiger partial charge in [-0.1, -0.05) is 44.7 Å². The lowest BCUT2D eigenvalue weighted by atomic mass is 9.81. The van der Waals surface area contributed by atoms with Crippen molar-refractivity contribution < 1.29 is 14.4 Å². The van der Waals surface area contributed by atoms with Crippen molar-refractivity contribution >= 4 is 17.6 Å². The summed E-state index contributed by atoms with van der Waals surface area (Å²) in [4.78, 5) is 40.5. The molecule has 1 aliphatic heterocycles. The Morgan fingerprint density at radius 2 is 1.78 bits per heavy atom. The molecule has 1 aromatic carbocycles. The second-order valence-electron chi connectivity index (χ2n) is 10.0. The minimum absolute atomic E-state index is 0.138. The Bertz CT molecular complexity index is 826. The number of hydrogen-bond donors (Lipinski definition) is 1. The number of rotatable bonds is 7. The molecule has 32 heavy (non-hydrogen) atoms. The second kappa shape index (κ2) is 10.6. The maximum Gasteiger partial charge on any atom is 0.251 e. The lowest BCUT2D eigenvalue weighted by Gasteiger charge is -2.37. The quantitative estimate of drug-likeness (QED) is 0.662. The number of amides is 2. The molecule has 2 saturated carbocycles. The van der Waals surface area contributed by atoms with Gasteiger partial charge in [0.1, 0.15) is 0 Å². The molecule has 2 atom stereocenters. The Labute approximate surface area is 192 Å². The van der Waals surface area contributed by atoms with Gasteiger partial charge in [0.2, 0.25) is 5.91 Å². The number of likely N-dealkylation sites (tertiary alicyclic amines) is 1. The summed E-state index contributed by atoms with van der Waals surface area (Å²) in [5.41, 5.74) is 1.74. The molecule has 1 heterocycles. The Balaban J connectivity index is 1.43. The molecule has 1 saturated heterocycles. The largest absolute Gasteiger partial charge is 0.342 e. The number of nitrogens with one attached hydrogen (secondary N) is 1. The lowest BCUT2D eigenvalue weighted by molar-refractivity contribution is -0.139. The fourth-order valence-corrected chi connectivity index (χ4v) is 5.67. The first kappa shape index (κ1) is 23.0. The van der Waals surface area contributed by atoms with E-state index in [9.17, 15) is 14.4 Å². The summed E-state index contributed by atoms with van der Waals surface area (Å²) in [6.45, 7) is 3.48. The van der Waals surface area contributed by atoms with E-state index in [1.54, 1.807) is 0 Å². The van der Waals surface area contributed by atoms with E-state index in [1.807, 2.05) is 30.0 Å². The zero-order valence-corrected chi connectivity index (χ0v) is 19.5. The summed E-state index contributed by atoms with van der Waals surface area (Å²) in [6.07, 6.45) is 11.3. The summed E-state index contributed by atoms with van der Waals surface area (Å²) in [5, 5.41) is 3.09. The minimum atomic E-state index is -0.373. The molecule has 1 N–H and O–H groups in total. The number of benzene rings is 1. The van der Waals surface area contributed by atoms with Gasteiger partial charge in [-0.3, -0.25) is 14.4 Å². The van der Waals surface area contributed by atoms with Crippen LogP contribution in [0.15, 0.2) is 24.3 Å². The van der Waals surface area contributed by atoms with Crippen molar-refractivity contribution in [2.45, 2.75) is 89.5 Å². The third kappa shape index (κ3) is 5.24. The monoisotopic (exact) mass is 438 g/mol. The molecule has 5 nitrogen and oxygen atoms in total. The van der Waals surface area contributed by atoms with Gasteiger partial charge in [0.25, 0.3) is 5.91 Å². The Morgan fingerprint density at radius 1 is 1.00 bits per heavy atom. The van der Waals surface area contributed by atoms with Crippen molar-refractivity contribution in [1.29, 1.82) is 0 Å².